The fourth-order valence-electron chi connectivity index (χ4n) is 6.10. The Kier molecular flexibility index (Phi) is 10.3. The number of aryl methyl sites for hydroxylation is 2. The number of likely N-dealkylation sites (tertiary alicyclic amines) is 1. The molecule has 0 bridgehead atoms. The Morgan fingerprint density at radius 3 is 2.20 bits per heavy atom. The third-order valence-corrected chi connectivity index (χ3v) is 9.20. The molecule has 2 amide bonds. The summed E-state index contributed by atoms with van der Waals surface area (Å²) in [5, 5.41) is 14.3. The van der Waals surface area contributed by atoms with E-state index >= 15 is 0 Å². The molecule has 9 nitrogen and oxygen atoms in total. The quantitative estimate of drug-likeness (QED) is 0.248. The van der Waals surface area contributed by atoms with Gasteiger partial charge in [-0.3, -0.25) is 14.6 Å². The van der Waals surface area contributed by atoms with Gasteiger partial charge in [-0.05, 0) is 99.6 Å². The fraction of sp³-hybridized carbons (Fsp3) is 0.500. The minimum atomic E-state index is -4.94. The number of amidine groups is 1. The second kappa shape index (κ2) is 13.9. The molecule has 50 heavy (non-hydrogen) atoms. The summed E-state index contributed by atoms with van der Waals surface area (Å²) < 4.78 is 97.3. The van der Waals surface area contributed by atoms with Crippen LogP contribution in [0.15, 0.2) is 41.6 Å². The Morgan fingerprint density at radius 1 is 1.00 bits per heavy atom. The molecule has 2 aromatic rings. The summed E-state index contributed by atoms with van der Waals surface area (Å²) in [6.07, 6.45) is -4.49. The SMILES string of the molecule is Cc1cc(C(=O)N2CCC(C)(O)CC2)cc(C)c1/C=C/ON1CCC2(CC1)N=C(c1cc(OCC(F)(F)C(F)F)cc(C(F)(F)F)c1)NC2=O. The van der Waals surface area contributed by atoms with Crippen LogP contribution >= 0.6 is 0 Å². The van der Waals surface area contributed by atoms with Gasteiger partial charge in [0.25, 0.3) is 11.8 Å². The number of carbonyl (C=O) groups is 2. The zero-order valence-corrected chi connectivity index (χ0v) is 27.6. The largest absolute Gasteiger partial charge is 0.487 e. The van der Waals surface area contributed by atoms with Gasteiger partial charge in [0.2, 0.25) is 0 Å². The van der Waals surface area contributed by atoms with Gasteiger partial charge >= 0.3 is 18.5 Å². The van der Waals surface area contributed by atoms with Crippen molar-refractivity contribution in [3.05, 3.63) is 70.0 Å². The van der Waals surface area contributed by atoms with Crippen molar-refractivity contribution in [3.8, 4) is 5.75 Å². The first kappa shape index (κ1) is 37.1. The molecule has 2 N–H and O–H groups in total. The van der Waals surface area contributed by atoms with Crippen molar-refractivity contribution >= 4 is 23.7 Å². The highest BCUT2D eigenvalue weighted by molar-refractivity contribution is 6.15. The van der Waals surface area contributed by atoms with E-state index in [2.05, 4.69) is 15.0 Å². The van der Waals surface area contributed by atoms with E-state index in [1.54, 1.807) is 35.1 Å². The molecule has 0 aromatic heterocycles. The van der Waals surface area contributed by atoms with E-state index in [1.807, 2.05) is 13.8 Å². The summed E-state index contributed by atoms with van der Waals surface area (Å²) in [5.41, 5.74) is -0.576. The van der Waals surface area contributed by atoms with Crippen LogP contribution in [0.25, 0.3) is 6.08 Å². The summed E-state index contributed by atoms with van der Waals surface area (Å²) in [4.78, 5) is 38.1. The molecule has 2 saturated heterocycles. The Balaban J connectivity index is 1.23. The number of hydrogen-bond acceptors (Lipinski definition) is 7. The molecule has 0 saturated carbocycles. The van der Waals surface area contributed by atoms with E-state index < -0.39 is 53.5 Å². The monoisotopic (exact) mass is 714 g/mol. The van der Waals surface area contributed by atoms with Crippen LogP contribution in [0.1, 0.15) is 70.8 Å². The molecule has 2 fully saturated rings. The van der Waals surface area contributed by atoms with Crippen molar-refractivity contribution in [3.63, 3.8) is 0 Å². The molecule has 16 heteroatoms. The number of ether oxygens (including phenoxy) is 1. The van der Waals surface area contributed by atoms with Crippen molar-refractivity contribution in [1.29, 1.82) is 0 Å². The maximum absolute atomic E-state index is 13.6. The van der Waals surface area contributed by atoms with E-state index in [0.29, 0.717) is 43.6 Å². The molecule has 0 radical (unpaired) electrons. The van der Waals surface area contributed by atoms with E-state index in [-0.39, 0.29) is 43.2 Å². The molecular weight excluding hydrogens is 677 g/mol. The molecule has 3 heterocycles. The zero-order valence-electron chi connectivity index (χ0n) is 27.6. The Morgan fingerprint density at radius 2 is 1.62 bits per heavy atom. The number of halogens is 7. The van der Waals surface area contributed by atoms with Crippen molar-refractivity contribution < 1.29 is 55.0 Å². The molecule has 5 rings (SSSR count). The lowest BCUT2D eigenvalue weighted by atomic mass is 9.89. The number of rotatable bonds is 9. The Bertz CT molecular complexity index is 1650. The second-order valence-corrected chi connectivity index (χ2v) is 13.2. The van der Waals surface area contributed by atoms with Gasteiger partial charge in [0.15, 0.2) is 6.61 Å². The molecule has 0 unspecified atom stereocenters. The van der Waals surface area contributed by atoms with Crippen LogP contribution in [0.5, 0.6) is 5.75 Å². The van der Waals surface area contributed by atoms with Crippen LogP contribution in [0.4, 0.5) is 30.7 Å². The predicted molar refractivity (Wildman–Crippen MR) is 168 cm³/mol. The average Bonchev–Trinajstić information content (AvgIpc) is 3.36. The van der Waals surface area contributed by atoms with Crippen molar-refractivity contribution in [2.24, 2.45) is 4.99 Å². The number of nitrogens with one attached hydrogen (secondary N) is 1. The standard InChI is InChI=1S/C34H37F7N4O5/c1-20-14-23(28(46)44-9-5-31(3,48)6-10-44)15-21(2)26(20)4-13-50-45-11-7-32(8-12-45)30(47)42-27(43-32)22-16-24(34(39,40)41)18-25(17-22)49-19-33(37,38)29(35)36/h4,13-18,29,48H,5-12,19H2,1-3H3,(H,42,43,47)/b13-4+. The van der Waals surface area contributed by atoms with E-state index in [0.717, 1.165) is 22.8 Å². The van der Waals surface area contributed by atoms with Crippen LogP contribution in [0.2, 0.25) is 0 Å². The number of carbonyl (C=O) groups excluding carboxylic acids is 2. The van der Waals surface area contributed by atoms with Crippen molar-refractivity contribution in [1.82, 2.24) is 15.3 Å². The maximum Gasteiger partial charge on any atom is 0.416 e. The Hall–Kier alpha value is -4.18. The predicted octanol–water partition coefficient (Wildman–Crippen LogP) is 5.90. The third-order valence-electron chi connectivity index (χ3n) is 9.20. The normalized spacial score (nSPS) is 19.6. The highest BCUT2D eigenvalue weighted by Crippen LogP contribution is 2.36. The number of aliphatic hydroxyl groups is 1. The molecular formula is C34H37F7N4O5. The number of nitrogens with zero attached hydrogens (tertiary/aromatic N) is 3. The molecule has 1 spiro atoms. The number of amides is 2. The Labute approximate surface area is 283 Å². The van der Waals surface area contributed by atoms with Gasteiger partial charge in [0.05, 0.1) is 11.2 Å². The third kappa shape index (κ3) is 8.23. The highest BCUT2D eigenvalue weighted by Gasteiger charge is 2.47. The molecule has 2 aromatic carbocycles. The van der Waals surface area contributed by atoms with Crippen LogP contribution in [0.3, 0.4) is 0 Å². The topological polar surface area (TPSA) is 104 Å². The summed E-state index contributed by atoms with van der Waals surface area (Å²) in [6, 6.07) is 5.59. The summed E-state index contributed by atoms with van der Waals surface area (Å²) in [6.45, 7) is 5.06. The molecule has 272 valence electrons. The highest BCUT2D eigenvalue weighted by atomic mass is 19.4. The number of piperidine rings is 2. The van der Waals surface area contributed by atoms with E-state index in [9.17, 15) is 45.4 Å². The molecule has 3 aliphatic heterocycles. The first-order valence-electron chi connectivity index (χ1n) is 15.9. The lowest BCUT2D eigenvalue weighted by molar-refractivity contribution is -0.148. The molecule has 3 aliphatic rings. The minimum Gasteiger partial charge on any atom is -0.487 e. The molecule has 0 atom stereocenters. The average molecular weight is 715 g/mol. The lowest BCUT2D eigenvalue weighted by Gasteiger charge is -2.36. The maximum atomic E-state index is 13.6. The van der Waals surface area contributed by atoms with Crippen molar-refractivity contribution in [2.45, 2.75) is 76.1 Å². The minimum absolute atomic E-state index is 0.0983. The van der Waals surface area contributed by atoms with Gasteiger partial charge < -0.3 is 24.9 Å². The number of hydroxylamine groups is 2. The number of hydrogen-bond donors (Lipinski definition) is 2. The van der Waals surface area contributed by atoms with E-state index in [1.165, 1.54) is 6.26 Å². The smallest absolute Gasteiger partial charge is 0.416 e. The van der Waals surface area contributed by atoms with Gasteiger partial charge in [-0.2, -0.15) is 22.0 Å². The number of aliphatic imine (C=N–C) groups is 1. The van der Waals surface area contributed by atoms with E-state index in [4.69, 9.17) is 4.84 Å². The summed E-state index contributed by atoms with van der Waals surface area (Å²) in [7, 11) is 0. The van der Waals surface area contributed by atoms with Gasteiger partial charge in [-0.25, -0.2) is 8.78 Å². The van der Waals surface area contributed by atoms with Crippen LogP contribution in [0, 0.1) is 13.8 Å². The summed E-state index contributed by atoms with van der Waals surface area (Å²) >= 11 is 0. The summed E-state index contributed by atoms with van der Waals surface area (Å²) in [5.74, 6) is -6.24. The van der Waals surface area contributed by atoms with Crippen molar-refractivity contribution in [2.75, 3.05) is 32.8 Å². The van der Waals surface area contributed by atoms with Gasteiger partial charge in [0.1, 0.15) is 23.4 Å². The van der Waals surface area contributed by atoms with Gasteiger partial charge in [0, 0.05) is 37.3 Å². The fourth-order valence-corrected chi connectivity index (χ4v) is 6.10. The van der Waals surface area contributed by atoms with Crippen LogP contribution in [-0.2, 0) is 15.8 Å². The second-order valence-electron chi connectivity index (χ2n) is 13.2. The number of benzene rings is 2. The first-order valence-corrected chi connectivity index (χ1v) is 15.9. The van der Waals surface area contributed by atoms with Gasteiger partial charge in [-0.1, -0.05) is 0 Å². The van der Waals surface area contributed by atoms with Gasteiger partial charge in [-0.15, -0.1) is 5.06 Å². The van der Waals surface area contributed by atoms with Crippen LogP contribution < -0.4 is 10.1 Å². The molecule has 0 aliphatic carbocycles. The zero-order chi connectivity index (χ0) is 36.6. The first-order chi connectivity index (χ1) is 23.3. The lowest BCUT2D eigenvalue weighted by Crippen LogP contribution is -2.48. The number of alkyl halides is 7. The van der Waals surface area contributed by atoms with Crippen LogP contribution in [-0.4, -0.2) is 89.0 Å².